The lowest BCUT2D eigenvalue weighted by Gasteiger charge is -2.10. The molecule has 0 saturated heterocycles. The molecule has 2 aromatic rings. The van der Waals surface area contributed by atoms with Gasteiger partial charge in [-0.1, -0.05) is 0 Å². The van der Waals surface area contributed by atoms with Crippen molar-refractivity contribution in [2.45, 2.75) is 6.42 Å². The second-order valence-corrected chi connectivity index (χ2v) is 6.12. The number of aromatic nitrogens is 3. The zero-order chi connectivity index (χ0) is 14.3. The Balaban J connectivity index is 2.18. The van der Waals surface area contributed by atoms with E-state index in [1.54, 1.807) is 6.07 Å². The van der Waals surface area contributed by atoms with Gasteiger partial charge < -0.3 is 9.47 Å². The second kappa shape index (κ2) is 5.47. The largest absolute Gasteiger partial charge is 0.489 e. The van der Waals surface area contributed by atoms with Gasteiger partial charge in [0.25, 0.3) is 0 Å². The molecular formula is C12H9I2N3O3. The second-order valence-electron chi connectivity index (χ2n) is 4.08. The SMILES string of the molecule is COC(=O)c1cnc2c(c1)OCCc1nc(I)c(I)n1-2. The summed E-state index contributed by atoms with van der Waals surface area (Å²) >= 11 is 4.43. The van der Waals surface area contributed by atoms with Gasteiger partial charge in [0.15, 0.2) is 11.6 Å². The Hall–Kier alpha value is -0.910. The van der Waals surface area contributed by atoms with E-state index in [9.17, 15) is 4.79 Å². The van der Waals surface area contributed by atoms with E-state index in [0.29, 0.717) is 30.2 Å². The molecule has 0 aromatic carbocycles. The molecule has 2 aromatic heterocycles. The van der Waals surface area contributed by atoms with E-state index < -0.39 is 5.97 Å². The Morgan fingerprint density at radius 3 is 3.05 bits per heavy atom. The van der Waals surface area contributed by atoms with Crippen LogP contribution in [-0.4, -0.2) is 34.2 Å². The maximum Gasteiger partial charge on any atom is 0.339 e. The van der Waals surface area contributed by atoms with Gasteiger partial charge in [0.05, 0.1) is 19.3 Å². The van der Waals surface area contributed by atoms with Crippen LogP contribution < -0.4 is 4.74 Å². The van der Waals surface area contributed by atoms with Crippen LogP contribution in [0.1, 0.15) is 16.2 Å². The number of nitrogens with zero attached hydrogens (tertiary/aromatic N) is 3. The fourth-order valence-electron chi connectivity index (χ4n) is 1.99. The first-order valence-corrected chi connectivity index (χ1v) is 7.91. The van der Waals surface area contributed by atoms with Crippen LogP contribution in [0.5, 0.6) is 5.75 Å². The number of esters is 1. The monoisotopic (exact) mass is 497 g/mol. The number of halogens is 2. The van der Waals surface area contributed by atoms with Gasteiger partial charge in [-0.3, -0.25) is 4.57 Å². The number of rotatable bonds is 1. The summed E-state index contributed by atoms with van der Waals surface area (Å²) in [6.07, 6.45) is 2.19. The lowest BCUT2D eigenvalue weighted by molar-refractivity contribution is 0.0599. The summed E-state index contributed by atoms with van der Waals surface area (Å²) in [5.41, 5.74) is 0.375. The molecule has 0 spiro atoms. The van der Waals surface area contributed by atoms with E-state index in [4.69, 9.17) is 9.47 Å². The van der Waals surface area contributed by atoms with Crippen molar-refractivity contribution < 1.29 is 14.3 Å². The number of ether oxygens (including phenoxy) is 2. The molecule has 6 nitrogen and oxygen atoms in total. The van der Waals surface area contributed by atoms with Crippen LogP contribution in [0.3, 0.4) is 0 Å². The molecule has 0 radical (unpaired) electrons. The number of pyridine rings is 1. The number of carbonyl (C=O) groups excluding carboxylic acids is 1. The lowest BCUT2D eigenvalue weighted by Crippen LogP contribution is -2.07. The van der Waals surface area contributed by atoms with Crippen molar-refractivity contribution in [3.05, 3.63) is 31.1 Å². The van der Waals surface area contributed by atoms with E-state index in [1.165, 1.54) is 13.3 Å². The van der Waals surface area contributed by atoms with Crippen molar-refractivity contribution in [1.29, 1.82) is 0 Å². The first-order valence-electron chi connectivity index (χ1n) is 5.76. The standard InChI is InChI=1S/C12H9I2N3O3/c1-19-12(18)6-4-7-11(15-5-6)17-8(2-3-20-7)16-9(13)10(17)14/h4-5H,2-3H2,1H3. The summed E-state index contributed by atoms with van der Waals surface area (Å²) in [6, 6.07) is 1.66. The summed E-state index contributed by atoms with van der Waals surface area (Å²) in [5.74, 6) is 1.71. The molecule has 0 N–H and O–H groups in total. The third-order valence-corrected chi connectivity index (χ3v) is 5.68. The van der Waals surface area contributed by atoms with Crippen LogP contribution in [0.25, 0.3) is 5.82 Å². The molecule has 0 fully saturated rings. The van der Waals surface area contributed by atoms with Gasteiger partial charge in [-0.25, -0.2) is 14.8 Å². The van der Waals surface area contributed by atoms with Crippen LogP contribution in [0.2, 0.25) is 0 Å². The maximum absolute atomic E-state index is 11.6. The Morgan fingerprint density at radius 2 is 2.30 bits per heavy atom. The highest BCUT2D eigenvalue weighted by Gasteiger charge is 2.23. The summed E-state index contributed by atoms with van der Waals surface area (Å²) in [7, 11) is 1.34. The Kier molecular flexibility index (Phi) is 3.84. The van der Waals surface area contributed by atoms with Gasteiger partial charge in [0.2, 0.25) is 0 Å². The molecule has 104 valence electrons. The molecule has 3 rings (SSSR count). The molecule has 0 saturated carbocycles. The van der Waals surface area contributed by atoms with E-state index in [1.807, 2.05) is 4.57 Å². The highest BCUT2D eigenvalue weighted by atomic mass is 127. The van der Waals surface area contributed by atoms with Crippen molar-refractivity contribution in [1.82, 2.24) is 14.5 Å². The molecule has 8 heteroatoms. The average molecular weight is 497 g/mol. The fraction of sp³-hybridized carbons (Fsp3) is 0.250. The molecular weight excluding hydrogens is 488 g/mol. The topological polar surface area (TPSA) is 66.2 Å². The Bertz CT molecular complexity index is 699. The number of methoxy groups -OCH3 is 1. The first-order chi connectivity index (χ1) is 9.61. The minimum Gasteiger partial charge on any atom is -0.489 e. The highest BCUT2D eigenvalue weighted by Crippen LogP contribution is 2.30. The molecule has 0 aliphatic carbocycles. The van der Waals surface area contributed by atoms with E-state index >= 15 is 0 Å². The zero-order valence-corrected chi connectivity index (χ0v) is 14.7. The number of fused-ring (bicyclic) bond motifs is 3. The molecule has 20 heavy (non-hydrogen) atoms. The van der Waals surface area contributed by atoms with Crippen molar-refractivity contribution in [3.63, 3.8) is 0 Å². The van der Waals surface area contributed by atoms with E-state index in [0.717, 1.165) is 13.2 Å². The highest BCUT2D eigenvalue weighted by molar-refractivity contribution is 14.1. The molecule has 0 atom stereocenters. The van der Waals surface area contributed by atoms with Crippen molar-refractivity contribution >= 4 is 51.2 Å². The summed E-state index contributed by atoms with van der Waals surface area (Å²) in [6.45, 7) is 0.502. The van der Waals surface area contributed by atoms with Crippen LogP contribution >= 0.6 is 45.2 Å². The normalized spacial score (nSPS) is 12.9. The van der Waals surface area contributed by atoms with Gasteiger partial charge >= 0.3 is 5.97 Å². The van der Waals surface area contributed by atoms with Gasteiger partial charge in [-0.2, -0.15) is 0 Å². The number of hydrogen-bond donors (Lipinski definition) is 0. The van der Waals surface area contributed by atoms with Crippen molar-refractivity contribution in [2.75, 3.05) is 13.7 Å². The predicted octanol–water partition coefficient (Wildman–Crippen LogP) is 2.20. The van der Waals surface area contributed by atoms with Gasteiger partial charge in [0.1, 0.15) is 13.2 Å². The third kappa shape index (κ3) is 2.28. The lowest BCUT2D eigenvalue weighted by atomic mass is 10.2. The van der Waals surface area contributed by atoms with Crippen LogP contribution in [0.4, 0.5) is 0 Å². The van der Waals surface area contributed by atoms with Crippen LogP contribution in [-0.2, 0) is 11.2 Å². The molecule has 0 bridgehead atoms. The third-order valence-electron chi connectivity index (χ3n) is 2.90. The predicted molar refractivity (Wildman–Crippen MR) is 87.3 cm³/mol. The number of imidazole rings is 1. The van der Waals surface area contributed by atoms with E-state index in [2.05, 4.69) is 55.1 Å². The van der Waals surface area contributed by atoms with Crippen LogP contribution in [0.15, 0.2) is 12.3 Å². The van der Waals surface area contributed by atoms with Crippen molar-refractivity contribution in [2.24, 2.45) is 0 Å². The van der Waals surface area contributed by atoms with Crippen LogP contribution in [0, 0.1) is 7.40 Å². The minimum atomic E-state index is -0.428. The Morgan fingerprint density at radius 1 is 1.50 bits per heavy atom. The van der Waals surface area contributed by atoms with Gasteiger partial charge in [-0.05, 0) is 45.2 Å². The number of hydrogen-bond acceptors (Lipinski definition) is 5. The minimum absolute atomic E-state index is 0.375. The van der Waals surface area contributed by atoms with Crippen molar-refractivity contribution in [3.8, 4) is 11.6 Å². The fourth-order valence-corrected chi connectivity index (χ4v) is 3.14. The molecule has 0 unspecified atom stereocenters. The average Bonchev–Trinajstić information content (AvgIpc) is 2.63. The number of carbonyl (C=O) groups is 1. The summed E-state index contributed by atoms with van der Waals surface area (Å²) in [4.78, 5) is 20.4. The molecule has 1 aliphatic heterocycles. The Labute approximate surface area is 142 Å². The van der Waals surface area contributed by atoms with Gasteiger partial charge in [-0.15, -0.1) is 0 Å². The quantitative estimate of drug-likeness (QED) is 0.447. The summed E-state index contributed by atoms with van der Waals surface area (Å²) < 4.78 is 14.3. The molecule has 1 aliphatic rings. The molecule has 0 amide bonds. The maximum atomic E-state index is 11.6. The summed E-state index contributed by atoms with van der Waals surface area (Å²) in [5, 5.41) is 0. The smallest absolute Gasteiger partial charge is 0.339 e. The van der Waals surface area contributed by atoms with E-state index in [-0.39, 0.29) is 0 Å². The van der Waals surface area contributed by atoms with Gasteiger partial charge in [0, 0.05) is 18.7 Å². The zero-order valence-electron chi connectivity index (χ0n) is 10.4. The molecule has 3 heterocycles. The first kappa shape index (κ1) is 14.0.